The number of hydrogen-bond donors (Lipinski definition) is 1. The Morgan fingerprint density at radius 2 is 1.81 bits per heavy atom. The molecule has 1 rings (SSSR count). The molecule has 0 atom stereocenters. The van der Waals surface area contributed by atoms with Gasteiger partial charge in [0.25, 0.3) is 0 Å². The van der Waals surface area contributed by atoms with Crippen LogP contribution in [0.1, 0.15) is 25.0 Å². The summed E-state index contributed by atoms with van der Waals surface area (Å²) in [6, 6.07) is 1.93. The van der Waals surface area contributed by atoms with Gasteiger partial charge in [0.05, 0.1) is 14.2 Å². The van der Waals surface area contributed by atoms with Crippen LogP contribution in [0.2, 0.25) is 0 Å². The maximum Gasteiger partial charge on any atom is 0.166 e. The van der Waals surface area contributed by atoms with Crippen molar-refractivity contribution >= 4 is 15.9 Å². The van der Waals surface area contributed by atoms with E-state index >= 15 is 0 Å². The molecule has 0 aliphatic carbocycles. The number of benzene rings is 1. The van der Waals surface area contributed by atoms with Crippen molar-refractivity contribution in [3.05, 3.63) is 21.7 Å². The summed E-state index contributed by atoms with van der Waals surface area (Å²) in [5.41, 5.74) is 7.66. The van der Waals surface area contributed by atoms with Crippen LogP contribution >= 0.6 is 15.9 Å². The molecule has 2 N–H and O–H groups in total. The lowest BCUT2D eigenvalue weighted by molar-refractivity contribution is 0.342. The Bertz CT molecular complexity index is 397. The van der Waals surface area contributed by atoms with Gasteiger partial charge in [-0.2, -0.15) is 0 Å². The molecule has 0 amide bonds. The van der Waals surface area contributed by atoms with Crippen LogP contribution in [0.15, 0.2) is 10.5 Å². The van der Waals surface area contributed by atoms with Crippen LogP contribution < -0.4 is 15.2 Å². The predicted molar refractivity (Wildman–Crippen MR) is 69.2 cm³/mol. The normalized spacial score (nSPS) is 11.4. The Morgan fingerprint density at radius 3 is 2.19 bits per heavy atom. The second-order valence-corrected chi connectivity index (χ2v) is 5.13. The molecule has 0 saturated carbocycles. The molecule has 0 unspecified atom stereocenters. The number of nitrogens with two attached hydrogens (primary N) is 1. The third kappa shape index (κ3) is 2.33. The summed E-state index contributed by atoms with van der Waals surface area (Å²) in [5.74, 6) is 1.39. The fourth-order valence-corrected chi connectivity index (χ4v) is 2.48. The molecule has 0 fully saturated rings. The van der Waals surface area contributed by atoms with Crippen molar-refractivity contribution in [2.75, 3.05) is 14.2 Å². The molecular formula is C12H18BrNO2. The van der Waals surface area contributed by atoms with Crippen LogP contribution in [0.3, 0.4) is 0 Å². The lowest BCUT2D eigenvalue weighted by Gasteiger charge is -2.26. The summed E-state index contributed by atoms with van der Waals surface area (Å²) in [6.07, 6.45) is 0. The van der Waals surface area contributed by atoms with Gasteiger partial charge >= 0.3 is 0 Å². The first-order valence-corrected chi connectivity index (χ1v) is 5.82. The molecule has 4 heteroatoms. The highest BCUT2D eigenvalue weighted by atomic mass is 79.9. The largest absolute Gasteiger partial charge is 0.493 e. The van der Waals surface area contributed by atoms with Crippen LogP contribution in [0.5, 0.6) is 11.5 Å². The van der Waals surface area contributed by atoms with Crippen LogP contribution in [0.25, 0.3) is 0 Å². The van der Waals surface area contributed by atoms with Gasteiger partial charge in [0.1, 0.15) is 0 Å². The Balaban J connectivity index is 3.60. The molecule has 0 aliphatic heterocycles. The van der Waals surface area contributed by atoms with Gasteiger partial charge in [-0.05, 0) is 32.4 Å². The lowest BCUT2D eigenvalue weighted by Crippen LogP contribution is -2.30. The number of rotatable bonds is 3. The Kier molecular flexibility index (Phi) is 3.86. The van der Waals surface area contributed by atoms with Crippen molar-refractivity contribution in [3.8, 4) is 11.5 Å². The summed E-state index contributed by atoms with van der Waals surface area (Å²) < 4.78 is 11.7. The van der Waals surface area contributed by atoms with E-state index in [4.69, 9.17) is 15.2 Å². The fourth-order valence-electron chi connectivity index (χ4n) is 1.68. The van der Waals surface area contributed by atoms with E-state index in [-0.39, 0.29) is 0 Å². The molecule has 0 radical (unpaired) electrons. The summed E-state index contributed by atoms with van der Waals surface area (Å²) in [4.78, 5) is 0. The number of halogens is 1. The smallest absolute Gasteiger partial charge is 0.166 e. The fraction of sp³-hybridized carbons (Fsp3) is 0.500. The van der Waals surface area contributed by atoms with Gasteiger partial charge in [-0.1, -0.05) is 15.9 Å². The quantitative estimate of drug-likeness (QED) is 0.930. The van der Waals surface area contributed by atoms with Crippen molar-refractivity contribution in [2.24, 2.45) is 5.73 Å². The average Bonchev–Trinajstić information content (AvgIpc) is 2.19. The minimum atomic E-state index is -0.497. The first-order valence-electron chi connectivity index (χ1n) is 5.03. The number of hydrogen-bond acceptors (Lipinski definition) is 3. The van der Waals surface area contributed by atoms with E-state index in [1.54, 1.807) is 14.2 Å². The average molecular weight is 288 g/mol. The number of methoxy groups -OCH3 is 2. The molecule has 0 aromatic heterocycles. The molecule has 0 heterocycles. The zero-order valence-corrected chi connectivity index (χ0v) is 11.9. The van der Waals surface area contributed by atoms with Crippen LogP contribution in [-0.4, -0.2) is 14.2 Å². The molecule has 0 aliphatic rings. The van der Waals surface area contributed by atoms with E-state index in [9.17, 15) is 0 Å². The molecule has 1 aromatic rings. The SMILES string of the molecule is COc1cc(C)c(Br)c(C(C)(C)N)c1OC. The van der Waals surface area contributed by atoms with Gasteiger partial charge in [0.15, 0.2) is 11.5 Å². The van der Waals surface area contributed by atoms with E-state index in [0.29, 0.717) is 11.5 Å². The molecule has 90 valence electrons. The second-order valence-electron chi connectivity index (χ2n) is 4.34. The van der Waals surface area contributed by atoms with Crippen molar-refractivity contribution in [2.45, 2.75) is 26.3 Å². The zero-order chi connectivity index (χ0) is 12.5. The van der Waals surface area contributed by atoms with E-state index in [1.165, 1.54) is 0 Å². The summed E-state index contributed by atoms with van der Waals surface area (Å²) in [5, 5.41) is 0. The van der Waals surface area contributed by atoms with Gasteiger partial charge in [-0.25, -0.2) is 0 Å². The standard InChI is InChI=1S/C12H18BrNO2/c1-7-6-8(15-4)11(16-5)9(10(7)13)12(2,3)14/h6H,14H2,1-5H3. The molecule has 1 aromatic carbocycles. The van der Waals surface area contributed by atoms with E-state index in [0.717, 1.165) is 15.6 Å². The summed E-state index contributed by atoms with van der Waals surface area (Å²) >= 11 is 3.56. The van der Waals surface area contributed by atoms with Crippen molar-refractivity contribution in [3.63, 3.8) is 0 Å². The van der Waals surface area contributed by atoms with Crippen molar-refractivity contribution in [1.29, 1.82) is 0 Å². The number of aryl methyl sites for hydroxylation is 1. The van der Waals surface area contributed by atoms with Crippen molar-refractivity contribution < 1.29 is 9.47 Å². The highest BCUT2D eigenvalue weighted by molar-refractivity contribution is 9.10. The highest BCUT2D eigenvalue weighted by Crippen LogP contribution is 2.42. The van der Waals surface area contributed by atoms with Gasteiger partial charge in [-0.15, -0.1) is 0 Å². The number of ether oxygens (including phenoxy) is 2. The lowest BCUT2D eigenvalue weighted by atomic mass is 9.92. The monoisotopic (exact) mass is 287 g/mol. The van der Waals surface area contributed by atoms with E-state index in [2.05, 4.69) is 15.9 Å². The van der Waals surface area contributed by atoms with Gasteiger partial charge < -0.3 is 15.2 Å². The first-order chi connectivity index (χ1) is 7.32. The van der Waals surface area contributed by atoms with Gasteiger partial charge in [-0.3, -0.25) is 0 Å². The van der Waals surface area contributed by atoms with Crippen molar-refractivity contribution in [1.82, 2.24) is 0 Å². The maximum absolute atomic E-state index is 6.16. The molecular weight excluding hydrogens is 270 g/mol. The Hall–Kier alpha value is -0.740. The Morgan fingerprint density at radius 1 is 1.25 bits per heavy atom. The predicted octanol–water partition coefficient (Wildman–Crippen LogP) is 2.97. The van der Waals surface area contributed by atoms with Crippen LogP contribution in [-0.2, 0) is 5.54 Å². The van der Waals surface area contributed by atoms with Gasteiger partial charge in [0.2, 0.25) is 0 Å². The molecule has 16 heavy (non-hydrogen) atoms. The molecule has 3 nitrogen and oxygen atoms in total. The molecule has 0 saturated heterocycles. The minimum Gasteiger partial charge on any atom is -0.493 e. The van der Waals surface area contributed by atoms with E-state index < -0.39 is 5.54 Å². The molecule has 0 bridgehead atoms. The van der Waals surface area contributed by atoms with E-state index in [1.807, 2.05) is 26.8 Å². The van der Waals surface area contributed by atoms with Gasteiger partial charge in [0, 0.05) is 15.6 Å². The topological polar surface area (TPSA) is 44.5 Å². The second kappa shape index (κ2) is 4.63. The van der Waals surface area contributed by atoms with Crippen LogP contribution in [0, 0.1) is 6.92 Å². The van der Waals surface area contributed by atoms with Crippen LogP contribution in [0.4, 0.5) is 0 Å². The maximum atomic E-state index is 6.16. The minimum absolute atomic E-state index is 0.497. The third-order valence-corrected chi connectivity index (χ3v) is 3.45. The Labute approximate surface area is 105 Å². The highest BCUT2D eigenvalue weighted by Gasteiger charge is 2.26. The third-order valence-electron chi connectivity index (χ3n) is 2.43. The molecule has 0 spiro atoms. The summed E-state index contributed by atoms with van der Waals surface area (Å²) in [6.45, 7) is 5.88. The zero-order valence-electron chi connectivity index (χ0n) is 10.3. The first kappa shape index (κ1) is 13.3. The summed E-state index contributed by atoms with van der Waals surface area (Å²) in [7, 11) is 3.24.